The van der Waals surface area contributed by atoms with Crippen molar-refractivity contribution in [2.24, 2.45) is 0 Å². The molecular formula is C25H19FN4O. The van der Waals surface area contributed by atoms with Crippen molar-refractivity contribution >= 4 is 11.6 Å². The van der Waals surface area contributed by atoms with Gasteiger partial charge in [-0.15, -0.1) is 10.2 Å². The molecule has 1 aliphatic heterocycles. The van der Waals surface area contributed by atoms with Crippen LogP contribution in [-0.4, -0.2) is 27.6 Å². The molecule has 0 saturated carbocycles. The molecule has 0 spiro atoms. The summed E-state index contributed by atoms with van der Waals surface area (Å²) in [5.41, 5.74) is 3.99. The number of anilines is 1. The smallest absolute Gasteiger partial charge is 0.227 e. The Bertz CT molecular complexity index is 1210. The lowest BCUT2D eigenvalue weighted by Gasteiger charge is -2.16. The van der Waals surface area contributed by atoms with Crippen molar-refractivity contribution in [3.05, 3.63) is 96.6 Å². The van der Waals surface area contributed by atoms with Gasteiger partial charge in [0, 0.05) is 35.7 Å². The number of hydrogen-bond acceptors (Lipinski definition) is 4. The van der Waals surface area contributed by atoms with Crippen molar-refractivity contribution in [1.29, 1.82) is 0 Å². The van der Waals surface area contributed by atoms with E-state index < -0.39 is 0 Å². The van der Waals surface area contributed by atoms with Gasteiger partial charge in [0.25, 0.3) is 0 Å². The molecule has 1 aromatic heterocycles. The van der Waals surface area contributed by atoms with Gasteiger partial charge in [-0.1, -0.05) is 60.7 Å². The average Bonchev–Trinajstić information content (AvgIpc) is 3.22. The summed E-state index contributed by atoms with van der Waals surface area (Å²) in [4.78, 5) is 19.2. The second kappa shape index (κ2) is 8.07. The quantitative estimate of drug-likeness (QED) is 0.482. The summed E-state index contributed by atoms with van der Waals surface area (Å²) in [6, 6.07) is 25.6. The van der Waals surface area contributed by atoms with Gasteiger partial charge in [0.1, 0.15) is 17.2 Å². The maximum absolute atomic E-state index is 13.3. The van der Waals surface area contributed by atoms with E-state index in [9.17, 15) is 9.18 Å². The zero-order chi connectivity index (χ0) is 21.2. The van der Waals surface area contributed by atoms with E-state index in [0.29, 0.717) is 23.8 Å². The highest BCUT2D eigenvalue weighted by Crippen LogP contribution is 2.33. The monoisotopic (exact) mass is 410 g/mol. The van der Waals surface area contributed by atoms with E-state index in [4.69, 9.17) is 4.98 Å². The van der Waals surface area contributed by atoms with Crippen molar-refractivity contribution < 1.29 is 9.18 Å². The minimum Gasteiger partial charge on any atom is -0.312 e. The molecule has 4 aromatic rings. The van der Waals surface area contributed by atoms with Gasteiger partial charge in [0.2, 0.25) is 5.91 Å². The van der Waals surface area contributed by atoms with E-state index in [-0.39, 0.29) is 24.1 Å². The third-order valence-corrected chi connectivity index (χ3v) is 5.43. The molecule has 1 atom stereocenters. The minimum absolute atomic E-state index is 0.0337. The standard InChI is InChI=1S/C25H19FN4O/c26-20-11-13-21(14-12-20)30-16-19(15-22(30)31)25-27-23(17-7-3-1-4-8-17)24(28-29-25)18-9-5-2-6-10-18/h1-14,19H,15-16H2. The molecule has 5 rings (SSSR count). The number of halogens is 1. The highest BCUT2D eigenvalue weighted by atomic mass is 19.1. The Balaban J connectivity index is 1.52. The SMILES string of the molecule is O=C1CC(c2nnc(-c3ccccc3)c(-c3ccccc3)n2)CN1c1ccc(F)cc1. The average molecular weight is 410 g/mol. The molecule has 1 saturated heterocycles. The Hall–Kier alpha value is -3.93. The molecule has 0 bridgehead atoms. The van der Waals surface area contributed by atoms with Crippen molar-refractivity contribution in [3.8, 4) is 22.5 Å². The molecule has 3 aromatic carbocycles. The molecular weight excluding hydrogens is 391 g/mol. The van der Waals surface area contributed by atoms with Gasteiger partial charge in [-0.2, -0.15) is 0 Å². The fourth-order valence-corrected chi connectivity index (χ4v) is 3.85. The molecule has 1 unspecified atom stereocenters. The molecule has 5 nitrogen and oxygen atoms in total. The second-order valence-electron chi connectivity index (χ2n) is 7.48. The summed E-state index contributed by atoms with van der Waals surface area (Å²) in [7, 11) is 0. The van der Waals surface area contributed by atoms with Crippen molar-refractivity contribution in [2.75, 3.05) is 11.4 Å². The molecule has 31 heavy (non-hydrogen) atoms. The topological polar surface area (TPSA) is 59.0 Å². The summed E-state index contributed by atoms with van der Waals surface area (Å²) in [6.45, 7) is 0.436. The molecule has 0 radical (unpaired) electrons. The molecule has 0 aliphatic carbocycles. The number of carbonyl (C=O) groups excluding carboxylic acids is 1. The highest BCUT2D eigenvalue weighted by Gasteiger charge is 2.34. The Morgan fingerprint density at radius 3 is 2.03 bits per heavy atom. The Morgan fingerprint density at radius 1 is 0.774 bits per heavy atom. The molecule has 6 heteroatoms. The van der Waals surface area contributed by atoms with Crippen molar-refractivity contribution in [2.45, 2.75) is 12.3 Å². The van der Waals surface area contributed by atoms with Crippen LogP contribution >= 0.6 is 0 Å². The van der Waals surface area contributed by atoms with Crippen molar-refractivity contribution in [3.63, 3.8) is 0 Å². The van der Waals surface area contributed by atoms with E-state index in [2.05, 4.69) is 10.2 Å². The van der Waals surface area contributed by atoms with Gasteiger partial charge < -0.3 is 4.90 Å². The molecule has 0 N–H and O–H groups in total. The van der Waals surface area contributed by atoms with Crippen LogP contribution in [0.5, 0.6) is 0 Å². The van der Waals surface area contributed by atoms with Crippen LogP contribution in [0.4, 0.5) is 10.1 Å². The maximum Gasteiger partial charge on any atom is 0.227 e. The molecule has 2 heterocycles. The van der Waals surface area contributed by atoms with E-state index in [1.807, 2.05) is 60.7 Å². The van der Waals surface area contributed by atoms with Crippen LogP contribution < -0.4 is 4.90 Å². The molecule has 1 aliphatic rings. The summed E-state index contributed by atoms with van der Waals surface area (Å²) >= 11 is 0. The van der Waals surface area contributed by atoms with Gasteiger partial charge in [0.15, 0.2) is 5.82 Å². The van der Waals surface area contributed by atoms with E-state index >= 15 is 0 Å². The van der Waals surface area contributed by atoms with Crippen LogP contribution in [0.15, 0.2) is 84.9 Å². The number of amides is 1. The maximum atomic E-state index is 13.3. The number of aromatic nitrogens is 3. The first-order valence-electron chi connectivity index (χ1n) is 10.1. The summed E-state index contributed by atoms with van der Waals surface area (Å²) < 4.78 is 13.3. The molecule has 152 valence electrons. The lowest BCUT2D eigenvalue weighted by Crippen LogP contribution is -2.24. The normalized spacial score (nSPS) is 16.0. The van der Waals surface area contributed by atoms with E-state index in [1.54, 1.807) is 17.0 Å². The summed E-state index contributed by atoms with van der Waals surface area (Å²) in [5, 5.41) is 8.91. The largest absolute Gasteiger partial charge is 0.312 e. The van der Waals surface area contributed by atoms with Gasteiger partial charge in [-0.25, -0.2) is 9.37 Å². The first-order valence-corrected chi connectivity index (χ1v) is 10.1. The van der Waals surface area contributed by atoms with Gasteiger partial charge in [-0.3, -0.25) is 4.79 Å². The third-order valence-electron chi connectivity index (χ3n) is 5.43. The van der Waals surface area contributed by atoms with Gasteiger partial charge in [0.05, 0.1) is 0 Å². The van der Waals surface area contributed by atoms with Crippen LogP contribution in [0.2, 0.25) is 0 Å². The lowest BCUT2D eigenvalue weighted by atomic mass is 10.0. The highest BCUT2D eigenvalue weighted by molar-refractivity contribution is 5.96. The summed E-state index contributed by atoms with van der Waals surface area (Å²) in [6.07, 6.45) is 0.290. The fourth-order valence-electron chi connectivity index (χ4n) is 3.85. The minimum atomic E-state index is -0.330. The van der Waals surface area contributed by atoms with Crippen LogP contribution in [0.3, 0.4) is 0 Å². The zero-order valence-corrected chi connectivity index (χ0v) is 16.6. The first kappa shape index (κ1) is 19.1. The Labute approximate surface area is 179 Å². The number of nitrogens with zero attached hydrogens (tertiary/aromatic N) is 4. The Morgan fingerprint density at radius 2 is 1.39 bits per heavy atom. The van der Waals surface area contributed by atoms with Crippen LogP contribution in [-0.2, 0) is 4.79 Å². The van der Waals surface area contributed by atoms with Gasteiger partial charge >= 0.3 is 0 Å². The number of benzene rings is 3. The van der Waals surface area contributed by atoms with Gasteiger partial charge in [-0.05, 0) is 24.3 Å². The van der Waals surface area contributed by atoms with E-state index in [1.165, 1.54) is 12.1 Å². The third kappa shape index (κ3) is 3.80. The van der Waals surface area contributed by atoms with Crippen LogP contribution in [0.1, 0.15) is 18.2 Å². The fraction of sp³-hybridized carbons (Fsp3) is 0.120. The summed E-state index contributed by atoms with van der Waals surface area (Å²) in [5.74, 6) is -0.00840. The molecule has 1 fully saturated rings. The number of carbonyl (C=O) groups is 1. The zero-order valence-electron chi connectivity index (χ0n) is 16.6. The predicted molar refractivity (Wildman–Crippen MR) is 117 cm³/mol. The lowest BCUT2D eigenvalue weighted by molar-refractivity contribution is -0.117. The molecule has 1 amide bonds. The number of hydrogen-bond donors (Lipinski definition) is 0. The number of rotatable bonds is 4. The first-order chi connectivity index (χ1) is 15.2. The predicted octanol–water partition coefficient (Wildman–Crippen LogP) is 4.87. The van der Waals surface area contributed by atoms with Crippen molar-refractivity contribution in [1.82, 2.24) is 15.2 Å². The van der Waals surface area contributed by atoms with E-state index in [0.717, 1.165) is 16.8 Å². The Kier molecular flexibility index (Phi) is 4.96. The second-order valence-corrected chi connectivity index (χ2v) is 7.48. The van der Waals surface area contributed by atoms with Crippen LogP contribution in [0.25, 0.3) is 22.5 Å². The van der Waals surface area contributed by atoms with Crippen LogP contribution in [0, 0.1) is 5.82 Å².